The Hall–Kier alpha value is -3.20. The van der Waals surface area contributed by atoms with Gasteiger partial charge in [-0.15, -0.1) is 0 Å². The Morgan fingerprint density at radius 3 is 2.41 bits per heavy atom. The van der Waals surface area contributed by atoms with Crippen LogP contribution in [0.1, 0.15) is 76.0 Å². The molecule has 37 heavy (non-hydrogen) atoms. The molecule has 0 bridgehead atoms. The van der Waals surface area contributed by atoms with E-state index < -0.39 is 34.4 Å². The van der Waals surface area contributed by atoms with E-state index in [1.807, 2.05) is 26.0 Å². The summed E-state index contributed by atoms with van der Waals surface area (Å²) in [6.07, 6.45) is 1.26. The van der Waals surface area contributed by atoms with Crippen molar-refractivity contribution in [1.29, 1.82) is 0 Å². The molecule has 0 saturated carbocycles. The van der Waals surface area contributed by atoms with Gasteiger partial charge in [0.05, 0.1) is 22.5 Å². The molecule has 3 aromatic rings. The van der Waals surface area contributed by atoms with Crippen LogP contribution in [0, 0.1) is 12.7 Å². The van der Waals surface area contributed by atoms with E-state index in [4.69, 9.17) is 0 Å². The maximum Gasteiger partial charge on any atom is 0.303 e. The highest BCUT2D eigenvalue weighted by atomic mass is 19.3. The average molecular weight is 515 g/mol. The minimum absolute atomic E-state index is 0.0124. The van der Waals surface area contributed by atoms with E-state index in [0.717, 1.165) is 31.2 Å². The number of benzene rings is 2. The van der Waals surface area contributed by atoms with E-state index in [9.17, 15) is 18.7 Å². The number of nitrogens with one attached hydrogen (secondary N) is 1. The highest BCUT2D eigenvalue weighted by Crippen LogP contribution is 2.48. The molecule has 2 aromatic carbocycles. The molecule has 1 atom stereocenters. The molecule has 1 aliphatic rings. The molecule has 0 spiro atoms. The maximum absolute atomic E-state index is 15.4. The third kappa shape index (κ3) is 4.04. The Labute approximate surface area is 214 Å². The van der Waals surface area contributed by atoms with Crippen LogP contribution in [0.3, 0.4) is 0 Å². The van der Waals surface area contributed by atoms with Crippen molar-refractivity contribution in [2.75, 3.05) is 17.3 Å². The maximum atomic E-state index is 15.4. The molecule has 1 aliphatic heterocycles. The Bertz CT molecular complexity index is 1380. The predicted molar refractivity (Wildman–Crippen MR) is 139 cm³/mol. The van der Waals surface area contributed by atoms with Crippen molar-refractivity contribution in [2.45, 2.75) is 77.4 Å². The molecule has 2 N–H and O–H groups in total. The van der Waals surface area contributed by atoms with Gasteiger partial charge in [-0.25, -0.2) is 14.4 Å². The lowest BCUT2D eigenvalue weighted by Crippen LogP contribution is -2.41. The molecular weight excluding hydrogens is 481 g/mol. The number of amides is 1. The lowest BCUT2D eigenvalue weighted by Gasteiger charge is -2.30. The van der Waals surface area contributed by atoms with Crippen LogP contribution in [0.25, 0.3) is 10.9 Å². The van der Waals surface area contributed by atoms with Gasteiger partial charge in [0, 0.05) is 23.7 Å². The number of rotatable bonds is 7. The van der Waals surface area contributed by atoms with Gasteiger partial charge >= 0.3 is 5.92 Å². The monoisotopic (exact) mass is 514 g/mol. The third-order valence-corrected chi connectivity index (χ3v) is 7.68. The number of hydrogen-bond donors (Lipinski definition) is 2. The van der Waals surface area contributed by atoms with Crippen LogP contribution in [-0.2, 0) is 16.1 Å². The number of aromatic nitrogens is 2. The van der Waals surface area contributed by atoms with Crippen molar-refractivity contribution >= 4 is 28.3 Å². The zero-order valence-electron chi connectivity index (χ0n) is 22.2. The van der Waals surface area contributed by atoms with Crippen molar-refractivity contribution < 1.29 is 23.1 Å². The molecular formula is C28H33F3N4O2. The first kappa shape index (κ1) is 26.9. The van der Waals surface area contributed by atoms with Crippen LogP contribution < -0.4 is 10.2 Å². The average Bonchev–Trinajstić information content (AvgIpc) is 3.03. The van der Waals surface area contributed by atoms with Gasteiger partial charge < -0.3 is 15.3 Å². The Balaban J connectivity index is 1.82. The van der Waals surface area contributed by atoms with Crippen LogP contribution >= 0.6 is 0 Å². The lowest BCUT2D eigenvalue weighted by molar-refractivity contribution is -0.170. The smallest absolute Gasteiger partial charge is 0.303 e. The molecule has 198 valence electrons. The number of carbonyl (C=O) groups is 1. The molecule has 1 aromatic heterocycles. The van der Waals surface area contributed by atoms with Gasteiger partial charge in [-0.3, -0.25) is 4.79 Å². The molecule has 1 amide bonds. The highest BCUT2D eigenvalue weighted by Gasteiger charge is 2.49. The van der Waals surface area contributed by atoms with Gasteiger partial charge in [-0.2, -0.15) is 8.78 Å². The van der Waals surface area contributed by atoms with E-state index in [1.54, 1.807) is 25.8 Å². The Morgan fingerprint density at radius 1 is 1.16 bits per heavy atom. The first-order valence-corrected chi connectivity index (χ1v) is 12.5. The summed E-state index contributed by atoms with van der Waals surface area (Å²) in [6.45, 7) is 9.25. The standard InChI is InChI=1S/C28H33F3N4O2/c1-8-27(9-2)20-13-18-21(14-22(20)35(7)25(27)36)33-16(4)34-24(18)32-15(3)17-11-10-12-19(23(17)29)28(30,31)26(5,6)37/h10-15,37H,8-9H2,1-7H3,(H,32,33,34)/t15-/m1/s1. The number of aliphatic hydroxyl groups is 1. The molecule has 0 radical (unpaired) electrons. The fourth-order valence-electron chi connectivity index (χ4n) is 5.27. The van der Waals surface area contributed by atoms with Crippen LogP contribution in [-0.4, -0.2) is 33.6 Å². The summed E-state index contributed by atoms with van der Waals surface area (Å²) in [5, 5.41) is 13.8. The number of hydrogen-bond acceptors (Lipinski definition) is 5. The second kappa shape index (κ2) is 8.97. The SMILES string of the molecule is CCC1(CC)C(=O)N(C)c2cc3nc(C)nc(N[C@H](C)c4cccc(C(F)(F)C(C)(C)O)c4F)c3cc21. The van der Waals surface area contributed by atoms with Crippen molar-refractivity contribution in [3.05, 3.63) is 58.7 Å². The summed E-state index contributed by atoms with van der Waals surface area (Å²) in [7, 11) is 1.76. The number of carbonyl (C=O) groups excluding carboxylic acids is 1. The van der Waals surface area contributed by atoms with Gasteiger partial charge in [-0.1, -0.05) is 26.0 Å². The predicted octanol–water partition coefficient (Wildman–Crippen LogP) is 6.15. The number of aryl methyl sites for hydroxylation is 1. The summed E-state index contributed by atoms with van der Waals surface area (Å²) < 4.78 is 45.0. The largest absolute Gasteiger partial charge is 0.384 e. The summed E-state index contributed by atoms with van der Waals surface area (Å²) in [4.78, 5) is 24.0. The van der Waals surface area contributed by atoms with E-state index in [-0.39, 0.29) is 11.5 Å². The number of alkyl halides is 2. The zero-order chi connectivity index (χ0) is 27.5. The van der Waals surface area contributed by atoms with Gasteiger partial charge in [0.2, 0.25) is 5.91 Å². The van der Waals surface area contributed by atoms with Crippen molar-refractivity contribution in [1.82, 2.24) is 9.97 Å². The number of likely N-dealkylation sites (N-methyl/N-ethyl adjacent to an activating group) is 1. The van der Waals surface area contributed by atoms with Crippen LogP contribution in [0.2, 0.25) is 0 Å². The van der Waals surface area contributed by atoms with Crippen molar-refractivity contribution in [3.63, 3.8) is 0 Å². The van der Waals surface area contributed by atoms with Crippen molar-refractivity contribution in [2.24, 2.45) is 0 Å². The number of fused-ring (bicyclic) bond motifs is 2. The number of nitrogens with zero attached hydrogens (tertiary/aromatic N) is 3. The van der Waals surface area contributed by atoms with E-state index in [1.165, 1.54) is 12.1 Å². The summed E-state index contributed by atoms with van der Waals surface area (Å²) in [5.74, 6) is -3.97. The summed E-state index contributed by atoms with van der Waals surface area (Å²) in [6, 6.07) is 6.81. The molecule has 6 nitrogen and oxygen atoms in total. The highest BCUT2D eigenvalue weighted by molar-refractivity contribution is 6.10. The molecule has 0 aliphatic carbocycles. The van der Waals surface area contributed by atoms with Crippen LogP contribution in [0.15, 0.2) is 30.3 Å². The Kier molecular flexibility index (Phi) is 6.51. The van der Waals surface area contributed by atoms with Gasteiger partial charge in [0.25, 0.3) is 0 Å². The van der Waals surface area contributed by atoms with Gasteiger partial charge in [-0.05, 0) is 64.3 Å². The van der Waals surface area contributed by atoms with Crippen LogP contribution in [0.4, 0.5) is 24.7 Å². The molecule has 0 fully saturated rings. The van der Waals surface area contributed by atoms with Gasteiger partial charge in [0.15, 0.2) is 0 Å². The summed E-state index contributed by atoms with van der Waals surface area (Å²) >= 11 is 0. The van der Waals surface area contributed by atoms with E-state index >= 15 is 4.39 Å². The molecule has 9 heteroatoms. The second-order valence-electron chi connectivity index (χ2n) is 10.4. The van der Waals surface area contributed by atoms with Gasteiger partial charge in [0.1, 0.15) is 23.1 Å². The van der Waals surface area contributed by atoms with E-state index in [2.05, 4.69) is 15.3 Å². The third-order valence-electron chi connectivity index (χ3n) is 7.68. The first-order chi connectivity index (χ1) is 17.2. The fraction of sp³-hybridized carbons (Fsp3) is 0.464. The minimum Gasteiger partial charge on any atom is -0.384 e. The number of halogens is 3. The second-order valence-corrected chi connectivity index (χ2v) is 10.4. The molecule has 0 unspecified atom stereocenters. The number of anilines is 2. The topological polar surface area (TPSA) is 78.4 Å². The first-order valence-electron chi connectivity index (χ1n) is 12.5. The quantitative estimate of drug-likeness (QED) is 0.396. The molecule has 2 heterocycles. The zero-order valence-corrected chi connectivity index (χ0v) is 22.2. The summed E-state index contributed by atoms with van der Waals surface area (Å²) in [5.41, 5.74) is -1.66. The van der Waals surface area contributed by atoms with E-state index in [0.29, 0.717) is 35.4 Å². The molecule has 0 saturated heterocycles. The lowest BCUT2D eigenvalue weighted by atomic mass is 9.76. The molecule has 4 rings (SSSR count). The van der Waals surface area contributed by atoms with Crippen molar-refractivity contribution in [3.8, 4) is 0 Å². The minimum atomic E-state index is -3.80. The normalized spacial score (nSPS) is 16.3. The van der Waals surface area contributed by atoms with Crippen LogP contribution in [0.5, 0.6) is 0 Å². The fourth-order valence-corrected chi connectivity index (χ4v) is 5.27. The Morgan fingerprint density at radius 2 is 1.81 bits per heavy atom.